The molecule has 62 valence electrons. The van der Waals surface area contributed by atoms with Crippen LogP contribution in [-0.4, -0.2) is 10.2 Å². The van der Waals surface area contributed by atoms with Gasteiger partial charge in [-0.3, -0.25) is 0 Å². The van der Waals surface area contributed by atoms with Gasteiger partial charge in [0.05, 0.1) is 4.91 Å². The van der Waals surface area contributed by atoms with E-state index in [-0.39, 0.29) is 0 Å². The Morgan fingerprint density at radius 1 is 1.25 bits per heavy atom. The topological polar surface area (TPSA) is 40.5 Å². The Morgan fingerprint density at radius 3 is 2.75 bits per heavy atom. The van der Waals surface area contributed by atoms with Gasteiger partial charge in [-0.2, -0.15) is 0 Å². The van der Waals surface area contributed by atoms with Crippen molar-refractivity contribution in [1.29, 1.82) is 0 Å². The molecule has 1 heterocycles. The average molecular weight is 180 g/mol. The van der Waals surface area contributed by atoms with E-state index in [1.807, 2.05) is 24.3 Å². The fourth-order valence-electron chi connectivity index (χ4n) is 1.28. The minimum absolute atomic E-state index is 0.565. The van der Waals surface area contributed by atoms with E-state index in [4.69, 9.17) is 10.2 Å². The number of aliphatic hydroxyl groups is 2. The SMILES string of the molecule is OC(O)=C1SCc2ccccc21. The maximum atomic E-state index is 8.91. The molecular weight excluding hydrogens is 172 g/mol. The van der Waals surface area contributed by atoms with Crippen LogP contribution in [0.15, 0.2) is 30.2 Å². The lowest BCUT2D eigenvalue weighted by Gasteiger charge is -1.97. The summed E-state index contributed by atoms with van der Waals surface area (Å²) in [5, 5.41) is 17.8. The molecule has 2 nitrogen and oxygen atoms in total. The van der Waals surface area contributed by atoms with E-state index >= 15 is 0 Å². The van der Waals surface area contributed by atoms with Crippen molar-refractivity contribution in [3.63, 3.8) is 0 Å². The van der Waals surface area contributed by atoms with E-state index in [0.717, 1.165) is 16.9 Å². The zero-order valence-corrected chi connectivity index (χ0v) is 7.14. The first-order valence-corrected chi connectivity index (χ1v) is 4.61. The van der Waals surface area contributed by atoms with Gasteiger partial charge in [0.2, 0.25) is 0 Å². The number of fused-ring (bicyclic) bond motifs is 1. The molecule has 0 aromatic heterocycles. The van der Waals surface area contributed by atoms with Crippen LogP contribution in [-0.2, 0) is 5.75 Å². The predicted molar refractivity (Wildman–Crippen MR) is 49.9 cm³/mol. The van der Waals surface area contributed by atoms with Crippen molar-refractivity contribution in [2.75, 3.05) is 0 Å². The van der Waals surface area contributed by atoms with Gasteiger partial charge in [0.15, 0.2) is 0 Å². The van der Waals surface area contributed by atoms with Crippen LogP contribution in [0.25, 0.3) is 4.91 Å². The zero-order chi connectivity index (χ0) is 8.55. The maximum absolute atomic E-state index is 8.91. The van der Waals surface area contributed by atoms with Crippen molar-refractivity contribution in [2.45, 2.75) is 5.75 Å². The molecule has 0 aliphatic carbocycles. The molecule has 0 bridgehead atoms. The number of hydrogen-bond acceptors (Lipinski definition) is 3. The molecule has 0 unspecified atom stereocenters. The van der Waals surface area contributed by atoms with Gasteiger partial charge in [-0.1, -0.05) is 24.3 Å². The average Bonchev–Trinajstić information content (AvgIpc) is 2.47. The van der Waals surface area contributed by atoms with Crippen LogP contribution in [0.1, 0.15) is 11.1 Å². The quantitative estimate of drug-likeness (QED) is 0.603. The van der Waals surface area contributed by atoms with E-state index in [0.29, 0.717) is 4.91 Å². The summed E-state index contributed by atoms with van der Waals surface area (Å²) >= 11 is 1.46. The molecule has 1 aliphatic heterocycles. The highest BCUT2D eigenvalue weighted by atomic mass is 32.2. The molecule has 1 aromatic rings. The standard InChI is InChI=1S/C9H8O2S/c10-9(11)8-7-4-2-1-3-6(7)5-12-8/h1-4,10-11H,5H2. The molecule has 0 radical (unpaired) electrons. The van der Waals surface area contributed by atoms with Gasteiger partial charge < -0.3 is 10.2 Å². The fraction of sp³-hybridized carbons (Fsp3) is 0.111. The molecule has 0 amide bonds. The first-order chi connectivity index (χ1) is 5.79. The lowest BCUT2D eigenvalue weighted by Crippen LogP contribution is -1.83. The van der Waals surface area contributed by atoms with Crippen LogP contribution in [0.2, 0.25) is 0 Å². The van der Waals surface area contributed by atoms with Crippen molar-refractivity contribution < 1.29 is 10.2 Å². The number of thioether (sulfide) groups is 1. The Balaban J connectivity index is 2.57. The van der Waals surface area contributed by atoms with Gasteiger partial charge in [-0.25, -0.2) is 0 Å². The Hall–Kier alpha value is -1.09. The van der Waals surface area contributed by atoms with E-state index in [2.05, 4.69) is 0 Å². The van der Waals surface area contributed by atoms with Crippen LogP contribution >= 0.6 is 11.8 Å². The minimum Gasteiger partial charge on any atom is -0.480 e. The molecule has 1 aromatic carbocycles. The van der Waals surface area contributed by atoms with E-state index < -0.39 is 5.95 Å². The molecule has 2 rings (SSSR count). The monoisotopic (exact) mass is 180 g/mol. The molecule has 0 atom stereocenters. The lowest BCUT2D eigenvalue weighted by atomic mass is 10.1. The van der Waals surface area contributed by atoms with Crippen molar-refractivity contribution in [1.82, 2.24) is 0 Å². The van der Waals surface area contributed by atoms with Gasteiger partial charge in [-0.15, -0.1) is 11.8 Å². The van der Waals surface area contributed by atoms with Crippen molar-refractivity contribution in [2.24, 2.45) is 0 Å². The predicted octanol–water partition coefficient (Wildman–Crippen LogP) is 2.68. The molecule has 1 aliphatic rings. The summed E-state index contributed by atoms with van der Waals surface area (Å²) in [5.41, 5.74) is 2.11. The summed E-state index contributed by atoms with van der Waals surface area (Å²) in [6.07, 6.45) is 0. The largest absolute Gasteiger partial charge is 0.480 e. The Bertz CT molecular complexity index is 340. The van der Waals surface area contributed by atoms with Crippen LogP contribution < -0.4 is 0 Å². The second-order valence-corrected chi connectivity index (χ2v) is 3.58. The normalized spacial score (nSPS) is 14.5. The third-order valence-electron chi connectivity index (χ3n) is 1.84. The van der Waals surface area contributed by atoms with Crippen molar-refractivity contribution in [3.05, 3.63) is 41.3 Å². The second kappa shape index (κ2) is 2.75. The number of rotatable bonds is 0. The molecule has 0 fully saturated rings. The summed E-state index contributed by atoms with van der Waals surface area (Å²) in [6.45, 7) is 0. The van der Waals surface area contributed by atoms with E-state index in [1.165, 1.54) is 11.8 Å². The van der Waals surface area contributed by atoms with Gasteiger partial charge >= 0.3 is 0 Å². The summed E-state index contributed by atoms with van der Waals surface area (Å²) in [5.74, 6) is 0.265. The van der Waals surface area contributed by atoms with Crippen LogP contribution in [0.4, 0.5) is 0 Å². The molecule has 12 heavy (non-hydrogen) atoms. The number of hydrogen-bond donors (Lipinski definition) is 2. The minimum atomic E-state index is -0.565. The molecule has 2 N–H and O–H groups in total. The molecule has 0 spiro atoms. The van der Waals surface area contributed by atoms with E-state index in [1.54, 1.807) is 0 Å². The van der Waals surface area contributed by atoms with E-state index in [9.17, 15) is 0 Å². The van der Waals surface area contributed by atoms with Crippen LogP contribution in [0, 0.1) is 0 Å². The third kappa shape index (κ3) is 1.06. The number of aliphatic hydroxyl groups excluding tert-OH is 1. The Morgan fingerprint density at radius 2 is 2.00 bits per heavy atom. The fourth-order valence-corrected chi connectivity index (χ4v) is 2.32. The highest BCUT2D eigenvalue weighted by Crippen LogP contribution is 2.41. The summed E-state index contributed by atoms with van der Waals surface area (Å²) in [4.78, 5) is 0.589. The highest BCUT2D eigenvalue weighted by molar-refractivity contribution is 8.08. The van der Waals surface area contributed by atoms with Gasteiger partial charge in [0, 0.05) is 5.75 Å². The van der Waals surface area contributed by atoms with Crippen molar-refractivity contribution >= 4 is 16.7 Å². The summed E-state index contributed by atoms with van der Waals surface area (Å²) in [6, 6.07) is 7.75. The number of benzene rings is 1. The molecular formula is C9H8O2S. The molecule has 3 heteroatoms. The summed E-state index contributed by atoms with van der Waals surface area (Å²) in [7, 11) is 0. The third-order valence-corrected chi connectivity index (χ3v) is 2.98. The van der Waals surface area contributed by atoms with Gasteiger partial charge in [0.25, 0.3) is 5.95 Å². The first kappa shape index (κ1) is 7.55. The zero-order valence-electron chi connectivity index (χ0n) is 6.32. The first-order valence-electron chi connectivity index (χ1n) is 3.62. The van der Waals surface area contributed by atoms with Gasteiger partial charge in [-0.05, 0) is 11.1 Å². The van der Waals surface area contributed by atoms with Gasteiger partial charge in [0.1, 0.15) is 0 Å². The highest BCUT2D eigenvalue weighted by Gasteiger charge is 2.19. The van der Waals surface area contributed by atoms with Crippen LogP contribution in [0.5, 0.6) is 0 Å². The smallest absolute Gasteiger partial charge is 0.289 e. The molecule has 0 saturated carbocycles. The molecule has 0 saturated heterocycles. The lowest BCUT2D eigenvalue weighted by molar-refractivity contribution is 0.196. The van der Waals surface area contributed by atoms with Crippen LogP contribution in [0.3, 0.4) is 0 Å². The second-order valence-electron chi connectivity index (χ2n) is 2.60. The Labute approximate surface area is 74.5 Å². The maximum Gasteiger partial charge on any atom is 0.289 e. The Kier molecular flexibility index (Phi) is 1.73. The van der Waals surface area contributed by atoms with Crippen molar-refractivity contribution in [3.8, 4) is 0 Å². The summed E-state index contributed by atoms with van der Waals surface area (Å²) < 4.78 is 0.